The molecule has 2 saturated heterocycles. The Morgan fingerprint density at radius 3 is 1.32 bits per heavy atom. The SMILES string of the molecule is Cl.NC1CCC(=O)NC1=O.NC1CCC(=O)NC1=O. The number of nitrogens with two attached hydrogens (primary N) is 2. The first kappa shape index (κ1) is 17.5. The molecule has 0 aromatic carbocycles. The van der Waals surface area contributed by atoms with E-state index >= 15 is 0 Å². The summed E-state index contributed by atoms with van der Waals surface area (Å²) in [6.07, 6.45) is 1.69. The normalized spacial score (nSPS) is 26.4. The number of carbonyl (C=O) groups excluding carboxylic acids is 4. The van der Waals surface area contributed by atoms with Crippen molar-refractivity contribution in [3.8, 4) is 0 Å². The highest BCUT2D eigenvalue weighted by Gasteiger charge is 2.22. The summed E-state index contributed by atoms with van der Waals surface area (Å²) in [5, 5.41) is 4.25. The van der Waals surface area contributed by atoms with E-state index in [0.29, 0.717) is 25.7 Å². The first-order valence-corrected chi connectivity index (χ1v) is 5.58. The second-order valence-corrected chi connectivity index (χ2v) is 4.12. The molecule has 2 atom stereocenters. The molecule has 0 radical (unpaired) electrons. The number of hydrogen-bond acceptors (Lipinski definition) is 6. The number of carbonyl (C=O) groups is 4. The third-order valence-electron chi connectivity index (χ3n) is 2.56. The molecule has 2 heterocycles. The molecule has 2 aliphatic heterocycles. The Labute approximate surface area is 116 Å². The van der Waals surface area contributed by atoms with Crippen LogP contribution in [-0.2, 0) is 19.2 Å². The Morgan fingerprint density at radius 2 is 1.11 bits per heavy atom. The molecule has 9 heteroatoms. The number of imide groups is 2. The Balaban J connectivity index is 0.000000324. The number of amides is 4. The van der Waals surface area contributed by atoms with Gasteiger partial charge in [0.05, 0.1) is 12.1 Å². The summed E-state index contributed by atoms with van der Waals surface area (Å²) in [5.41, 5.74) is 10.6. The summed E-state index contributed by atoms with van der Waals surface area (Å²) in [4.78, 5) is 42.0. The molecule has 0 spiro atoms. The van der Waals surface area contributed by atoms with Gasteiger partial charge in [0.2, 0.25) is 23.6 Å². The van der Waals surface area contributed by atoms with E-state index in [9.17, 15) is 19.2 Å². The van der Waals surface area contributed by atoms with Crippen molar-refractivity contribution in [1.29, 1.82) is 0 Å². The minimum Gasteiger partial charge on any atom is -0.320 e. The van der Waals surface area contributed by atoms with E-state index in [1.54, 1.807) is 0 Å². The van der Waals surface area contributed by atoms with Crippen molar-refractivity contribution < 1.29 is 19.2 Å². The van der Waals surface area contributed by atoms with Crippen LogP contribution < -0.4 is 22.1 Å². The van der Waals surface area contributed by atoms with E-state index in [1.807, 2.05) is 0 Å². The van der Waals surface area contributed by atoms with Crippen LogP contribution >= 0.6 is 12.4 Å². The Morgan fingerprint density at radius 1 is 0.789 bits per heavy atom. The largest absolute Gasteiger partial charge is 0.320 e. The molecule has 0 aliphatic carbocycles. The summed E-state index contributed by atoms with van der Waals surface area (Å²) in [7, 11) is 0. The Hall–Kier alpha value is -1.51. The molecule has 4 amide bonds. The Bertz CT molecular complexity index is 352. The van der Waals surface area contributed by atoms with Crippen LogP contribution in [0.5, 0.6) is 0 Å². The zero-order valence-electron chi connectivity index (χ0n) is 10.2. The van der Waals surface area contributed by atoms with Gasteiger partial charge in [-0.2, -0.15) is 0 Å². The van der Waals surface area contributed by atoms with Crippen LogP contribution in [0.2, 0.25) is 0 Å². The van der Waals surface area contributed by atoms with E-state index < -0.39 is 12.1 Å². The lowest BCUT2D eigenvalue weighted by Crippen LogP contribution is -2.48. The lowest BCUT2D eigenvalue weighted by atomic mass is 10.1. The lowest BCUT2D eigenvalue weighted by molar-refractivity contribution is -0.135. The molecule has 0 aromatic heterocycles. The van der Waals surface area contributed by atoms with E-state index in [-0.39, 0.29) is 36.0 Å². The fourth-order valence-corrected chi connectivity index (χ4v) is 1.42. The number of hydrogen-bond donors (Lipinski definition) is 4. The third kappa shape index (κ3) is 5.77. The molecule has 6 N–H and O–H groups in total. The zero-order valence-corrected chi connectivity index (χ0v) is 11.0. The predicted molar refractivity (Wildman–Crippen MR) is 68.0 cm³/mol. The van der Waals surface area contributed by atoms with Crippen LogP contribution in [-0.4, -0.2) is 35.7 Å². The summed E-state index contributed by atoms with van der Waals surface area (Å²) in [6.45, 7) is 0. The molecule has 0 saturated carbocycles. The van der Waals surface area contributed by atoms with Crippen LogP contribution in [0.3, 0.4) is 0 Å². The monoisotopic (exact) mass is 292 g/mol. The maximum atomic E-state index is 10.5. The Kier molecular flexibility index (Phi) is 7.20. The molecule has 2 fully saturated rings. The highest BCUT2D eigenvalue weighted by atomic mass is 35.5. The summed E-state index contributed by atoms with van der Waals surface area (Å²) < 4.78 is 0. The standard InChI is InChI=1S/2C5H8N2O2.ClH/c2*6-3-1-2-4(8)7-5(3)9;/h2*3H,1-2,6H2,(H,7,8,9);1H. The van der Waals surface area contributed by atoms with Crippen molar-refractivity contribution in [1.82, 2.24) is 10.6 Å². The third-order valence-corrected chi connectivity index (χ3v) is 2.56. The van der Waals surface area contributed by atoms with Gasteiger partial charge in [-0.3, -0.25) is 29.8 Å². The number of rotatable bonds is 0. The van der Waals surface area contributed by atoms with E-state index in [1.165, 1.54) is 0 Å². The van der Waals surface area contributed by atoms with Crippen molar-refractivity contribution in [2.24, 2.45) is 11.5 Å². The van der Waals surface area contributed by atoms with E-state index in [0.717, 1.165) is 0 Å². The van der Waals surface area contributed by atoms with Crippen molar-refractivity contribution in [3.05, 3.63) is 0 Å². The van der Waals surface area contributed by atoms with Gasteiger partial charge >= 0.3 is 0 Å². The predicted octanol–water partition coefficient (Wildman–Crippen LogP) is -2.08. The topological polar surface area (TPSA) is 144 Å². The molecule has 8 nitrogen and oxygen atoms in total. The molecule has 0 bridgehead atoms. The molecule has 0 aromatic rings. The van der Waals surface area contributed by atoms with Gasteiger partial charge in [-0.25, -0.2) is 0 Å². The zero-order chi connectivity index (χ0) is 13.7. The number of nitrogens with one attached hydrogen (secondary N) is 2. The van der Waals surface area contributed by atoms with Gasteiger partial charge < -0.3 is 11.5 Å². The van der Waals surface area contributed by atoms with Gasteiger partial charge in [-0.15, -0.1) is 12.4 Å². The maximum absolute atomic E-state index is 10.5. The fraction of sp³-hybridized carbons (Fsp3) is 0.600. The quantitative estimate of drug-likeness (QED) is 0.377. The molecule has 108 valence electrons. The molecule has 2 unspecified atom stereocenters. The highest BCUT2D eigenvalue weighted by Crippen LogP contribution is 2.00. The second kappa shape index (κ2) is 7.82. The summed E-state index contributed by atoms with van der Waals surface area (Å²) in [6, 6.07) is -0.967. The molecule has 19 heavy (non-hydrogen) atoms. The highest BCUT2D eigenvalue weighted by molar-refractivity contribution is 6.00. The van der Waals surface area contributed by atoms with Crippen LogP contribution in [0.1, 0.15) is 25.7 Å². The molecule has 2 rings (SSSR count). The average molecular weight is 293 g/mol. The molecular weight excluding hydrogens is 276 g/mol. The van der Waals surface area contributed by atoms with E-state index in [4.69, 9.17) is 11.5 Å². The van der Waals surface area contributed by atoms with Gasteiger partial charge in [-0.1, -0.05) is 0 Å². The second-order valence-electron chi connectivity index (χ2n) is 4.12. The summed E-state index contributed by atoms with van der Waals surface area (Å²) in [5.74, 6) is -1.15. The first-order chi connectivity index (χ1) is 8.40. The van der Waals surface area contributed by atoms with Crippen molar-refractivity contribution >= 4 is 36.0 Å². The first-order valence-electron chi connectivity index (χ1n) is 5.58. The van der Waals surface area contributed by atoms with Gasteiger partial charge in [-0.05, 0) is 12.8 Å². The minimum atomic E-state index is -0.484. The molecule has 2 aliphatic rings. The van der Waals surface area contributed by atoms with Crippen molar-refractivity contribution in [2.75, 3.05) is 0 Å². The van der Waals surface area contributed by atoms with Crippen molar-refractivity contribution in [3.63, 3.8) is 0 Å². The van der Waals surface area contributed by atoms with Crippen molar-refractivity contribution in [2.45, 2.75) is 37.8 Å². The smallest absolute Gasteiger partial charge is 0.243 e. The van der Waals surface area contributed by atoms with Gasteiger partial charge in [0, 0.05) is 12.8 Å². The van der Waals surface area contributed by atoms with Crippen LogP contribution in [0.15, 0.2) is 0 Å². The van der Waals surface area contributed by atoms with Crippen LogP contribution in [0.4, 0.5) is 0 Å². The number of piperidine rings is 2. The van der Waals surface area contributed by atoms with E-state index in [2.05, 4.69) is 10.6 Å². The molecular formula is C10H17ClN4O4. The maximum Gasteiger partial charge on any atom is 0.243 e. The number of halogens is 1. The summed E-state index contributed by atoms with van der Waals surface area (Å²) >= 11 is 0. The van der Waals surface area contributed by atoms with Crippen LogP contribution in [0.25, 0.3) is 0 Å². The fourth-order valence-electron chi connectivity index (χ4n) is 1.42. The average Bonchev–Trinajstić information content (AvgIpc) is 2.30. The van der Waals surface area contributed by atoms with Crippen LogP contribution in [0, 0.1) is 0 Å². The lowest BCUT2D eigenvalue weighted by Gasteiger charge is -2.15. The minimum absolute atomic E-state index is 0. The van der Waals surface area contributed by atoms with Gasteiger partial charge in [0.1, 0.15) is 0 Å². The van der Waals surface area contributed by atoms with Gasteiger partial charge in [0.15, 0.2) is 0 Å². The van der Waals surface area contributed by atoms with Gasteiger partial charge in [0.25, 0.3) is 0 Å².